The Morgan fingerprint density at radius 1 is 1.09 bits per heavy atom. The van der Waals surface area contributed by atoms with Gasteiger partial charge in [-0.15, -0.1) is 0 Å². The molecule has 1 aromatic heterocycles. The zero-order valence-electron chi connectivity index (χ0n) is 13.3. The van der Waals surface area contributed by atoms with Gasteiger partial charge < -0.3 is 4.90 Å². The van der Waals surface area contributed by atoms with E-state index in [1.165, 1.54) is 24.0 Å². The number of amides is 1. The van der Waals surface area contributed by atoms with Crippen molar-refractivity contribution in [2.75, 3.05) is 6.54 Å². The number of rotatable bonds is 2. The maximum Gasteiger partial charge on any atom is 0.226 e. The molecule has 1 fully saturated rings. The molecule has 2 aliphatic rings. The summed E-state index contributed by atoms with van der Waals surface area (Å²) in [5, 5.41) is 0. The third kappa shape index (κ3) is 2.65. The van der Waals surface area contributed by atoms with Crippen LogP contribution in [0.1, 0.15) is 48.4 Å². The Bertz CT molecular complexity index is 692. The summed E-state index contributed by atoms with van der Waals surface area (Å²) in [6.45, 7) is 0.811. The molecule has 3 heteroatoms. The molecule has 0 N–H and O–H groups in total. The number of hydrogen-bond acceptors (Lipinski definition) is 2. The molecule has 4 rings (SSSR count). The van der Waals surface area contributed by atoms with E-state index in [2.05, 4.69) is 40.2 Å². The highest BCUT2D eigenvalue weighted by molar-refractivity contribution is 5.80. The standard InChI is InChI=1S/C20H22N2O/c23-20(16-7-1-2-8-16)22-13-11-15-6-3-4-10-18(15)19(22)17-9-5-12-21-14-17/h3-6,9-10,12,14,16,19H,1-2,7-8,11,13H2. The predicted octanol–water partition coefficient (Wildman–Crippen LogP) is 3.75. The van der Waals surface area contributed by atoms with Gasteiger partial charge in [0.1, 0.15) is 0 Å². The minimum Gasteiger partial charge on any atom is -0.331 e. The molecule has 1 aliphatic heterocycles. The van der Waals surface area contributed by atoms with Crippen LogP contribution < -0.4 is 0 Å². The predicted molar refractivity (Wildman–Crippen MR) is 89.9 cm³/mol. The van der Waals surface area contributed by atoms with E-state index in [1.807, 2.05) is 12.3 Å². The zero-order chi connectivity index (χ0) is 15.6. The van der Waals surface area contributed by atoms with Gasteiger partial charge in [0.2, 0.25) is 5.91 Å². The number of fused-ring (bicyclic) bond motifs is 1. The lowest BCUT2D eigenvalue weighted by Crippen LogP contribution is -2.43. The topological polar surface area (TPSA) is 33.2 Å². The minimum absolute atomic E-state index is 0.0155. The van der Waals surface area contributed by atoms with E-state index in [4.69, 9.17) is 0 Å². The summed E-state index contributed by atoms with van der Waals surface area (Å²) in [7, 11) is 0. The number of pyridine rings is 1. The van der Waals surface area contributed by atoms with Crippen molar-refractivity contribution in [3.05, 3.63) is 65.5 Å². The van der Waals surface area contributed by atoms with Gasteiger partial charge in [-0.05, 0) is 42.0 Å². The van der Waals surface area contributed by atoms with E-state index in [-0.39, 0.29) is 12.0 Å². The summed E-state index contributed by atoms with van der Waals surface area (Å²) in [6, 6.07) is 12.6. The Labute approximate surface area is 137 Å². The fraction of sp³-hybridized carbons (Fsp3) is 0.400. The molecule has 1 unspecified atom stereocenters. The van der Waals surface area contributed by atoms with E-state index in [0.29, 0.717) is 5.91 Å². The normalized spacial score (nSPS) is 21.2. The molecule has 23 heavy (non-hydrogen) atoms. The lowest BCUT2D eigenvalue weighted by atomic mass is 9.87. The average Bonchev–Trinajstić information content (AvgIpc) is 3.15. The summed E-state index contributed by atoms with van der Waals surface area (Å²) in [6.07, 6.45) is 9.14. The van der Waals surface area contributed by atoms with E-state index in [1.54, 1.807) is 6.20 Å². The van der Waals surface area contributed by atoms with Crippen molar-refractivity contribution in [1.82, 2.24) is 9.88 Å². The van der Waals surface area contributed by atoms with Crippen LogP contribution in [0.3, 0.4) is 0 Å². The summed E-state index contributed by atoms with van der Waals surface area (Å²) < 4.78 is 0. The van der Waals surface area contributed by atoms with Gasteiger partial charge in [-0.2, -0.15) is 0 Å². The first kappa shape index (κ1) is 14.4. The highest BCUT2D eigenvalue weighted by atomic mass is 16.2. The van der Waals surface area contributed by atoms with Gasteiger partial charge in [0.05, 0.1) is 6.04 Å². The molecule has 1 atom stereocenters. The second-order valence-corrected chi connectivity index (χ2v) is 6.65. The van der Waals surface area contributed by atoms with E-state index < -0.39 is 0 Å². The number of carbonyl (C=O) groups is 1. The maximum atomic E-state index is 13.1. The Morgan fingerprint density at radius 2 is 1.91 bits per heavy atom. The van der Waals surface area contributed by atoms with Crippen molar-refractivity contribution in [3.63, 3.8) is 0 Å². The van der Waals surface area contributed by atoms with Crippen molar-refractivity contribution in [2.45, 2.75) is 38.1 Å². The Morgan fingerprint density at radius 3 is 2.70 bits per heavy atom. The van der Waals surface area contributed by atoms with Gasteiger partial charge in [0.15, 0.2) is 0 Å². The third-order valence-electron chi connectivity index (χ3n) is 5.27. The van der Waals surface area contributed by atoms with Crippen molar-refractivity contribution < 1.29 is 4.79 Å². The van der Waals surface area contributed by atoms with Crippen LogP contribution >= 0.6 is 0 Å². The molecular weight excluding hydrogens is 284 g/mol. The molecule has 1 aliphatic carbocycles. The summed E-state index contributed by atoms with van der Waals surface area (Å²) in [5.41, 5.74) is 3.74. The monoisotopic (exact) mass is 306 g/mol. The van der Waals surface area contributed by atoms with Gasteiger partial charge in [-0.3, -0.25) is 9.78 Å². The highest BCUT2D eigenvalue weighted by Crippen LogP contribution is 2.37. The van der Waals surface area contributed by atoms with Crippen LogP contribution in [0.2, 0.25) is 0 Å². The molecule has 0 radical (unpaired) electrons. The van der Waals surface area contributed by atoms with Crippen molar-refractivity contribution >= 4 is 5.91 Å². The van der Waals surface area contributed by atoms with Crippen molar-refractivity contribution in [1.29, 1.82) is 0 Å². The van der Waals surface area contributed by atoms with Gasteiger partial charge >= 0.3 is 0 Å². The smallest absolute Gasteiger partial charge is 0.226 e. The fourth-order valence-corrected chi connectivity index (χ4v) is 4.11. The van der Waals surface area contributed by atoms with E-state index >= 15 is 0 Å². The molecule has 2 aromatic rings. The minimum atomic E-state index is 0.0155. The Hall–Kier alpha value is -2.16. The van der Waals surface area contributed by atoms with E-state index in [9.17, 15) is 4.79 Å². The molecule has 2 heterocycles. The third-order valence-corrected chi connectivity index (χ3v) is 5.27. The van der Waals surface area contributed by atoms with Crippen molar-refractivity contribution in [3.8, 4) is 0 Å². The van der Waals surface area contributed by atoms with Gasteiger partial charge in [0.25, 0.3) is 0 Å². The molecule has 0 bridgehead atoms. The molecule has 0 spiro atoms. The van der Waals surface area contributed by atoms with Crippen LogP contribution in [-0.4, -0.2) is 22.3 Å². The highest BCUT2D eigenvalue weighted by Gasteiger charge is 2.36. The number of aromatic nitrogens is 1. The molecule has 118 valence electrons. The van der Waals surface area contributed by atoms with Crippen LogP contribution in [0.15, 0.2) is 48.8 Å². The lowest BCUT2D eigenvalue weighted by Gasteiger charge is -2.39. The first-order valence-corrected chi connectivity index (χ1v) is 8.63. The fourth-order valence-electron chi connectivity index (χ4n) is 4.11. The Kier molecular flexibility index (Phi) is 3.86. The second kappa shape index (κ2) is 6.15. The Balaban J connectivity index is 1.75. The lowest BCUT2D eigenvalue weighted by molar-refractivity contribution is -0.137. The average molecular weight is 306 g/mol. The number of carbonyl (C=O) groups excluding carboxylic acids is 1. The number of hydrogen-bond donors (Lipinski definition) is 0. The quantitative estimate of drug-likeness (QED) is 0.846. The molecule has 3 nitrogen and oxygen atoms in total. The molecule has 1 aromatic carbocycles. The first-order chi connectivity index (χ1) is 11.3. The SMILES string of the molecule is O=C(C1CCCC1)N1CCc2ccccc2C1c1cccnc1. The van der Waals surface area contributed by atoms with Crippen LogP contribution in [0, 0.1) is 5.92 Å². The van der Waals surface area contributed by atoms with Crippen LogP contribution in [0.25, 0.3) is 0 Å². The first-order valence-electron chi connectivity index (χ1n) is 8.63. The molecule has 1 amide bonds. The van der Waals surface area contributed by atoms with Gasteiger partial charge in [-0.25, -0.2) is 0 Å². The summed E-state index contributed by atoms with van der Waals surface area (Å²) in [4.78, 5) is 19.5. The van der Waals surface area contributed by atoms with Crippen LogP contribution in [0.4, 0.5) is 0 Å². The molecular formula is C20H22N2O. The maximum absolute atomic E-state index is 13.1. The van der Waals surface area contributed by atoms with Gasteiger partial charge in [-0.1, -0.05) is 43.2 Å². The zero-order valence-corrected chi connectivity index (χ0v) is 13.3. The van der Waals surface area contributed by atoms with Gasteiger partial charge in [0, 0.05) is 24.9 Å². The summed E-state index contributed by atoms with van der Waals surface area (Å²) >= 11 is 0. The molecule has 0 saturated heterocycles. The number of benzene rings is 1. The second-order valence-electron chi connectivity index (χ2n) is 6.65. The summed E-state index contributed by atoms with van der Waals surface area (Å²) in [5.74, 6) is 0.560. The number of nitrogens with zero attached hydrogens (tertiary/aromatic N) is 2. The van der Waals surface area contributed by atoms with E-state index in [0.717, 1.165) is 31.4 Å². The van der Waals surface area contributed by atoms with Crippen LogP contribution in [-0.2, 0) is 11.2 Å². The molecule has 1 saturated carbocycles. The largest absolute Gasteiger partial charge is 0.331 e. The van der Waals surface area contributed by atoms with Crippen molar-refractivity contribution in [2.24, 2.45) is 5.92 Å². The van der Waals surface area contributed by atoms with Crippen LogP contribution in [0.5, 0.6) is 0 Å².